The number of aromatic nitrogens is 3. The standard InChI is InChI=1S/C25H18BrN3O6/c26-17-11-19(31)21-16(23(17)32)10-18-15(22(21)20-7-6-14(12-30)35-20)8-9-27-24(33)28(25(34)29(18)27)13-4-2-1-3-5-13/h1-8,11,18,22,30H,9-10,12H2/t18-,22-/m1/s1. The molecule has 2 aromatic heterocycles. The van der Waals surface area contributed by atoms with Crippen molar-refractivity contribution >= 4 is 27.5 Å². The van der Waals surface area contributed by atoms with Gasteiger partial charge in [0.25, 0.3) is 0 Å². The molecule has 0 fully saturated rings. The third-order valence-electron chi connectivity index (χ3n) is 6.74. The number of allylic oxidation sites excluding steroid dienone is 6. The van der Waals surface area contributed by atoms with Crippen LogP contribution in [0.1, 0.15) is 29.9 Å². The van der Waals surface area contributed by atoms with E-state index in [4.69, 9.17) is 4.42 Å². The summed E-state index contributed by atoms with van der Waals surface area (Å²) < 4.78 is 9.80. The molecule has 3 heterocycles. The fraction of sp³-hybridized carbons (Fsp3) is 0.200. The van der Waals surface area contributed by atoms with Gasteiger partial charge < -0.3 is 9.52 Å². The van der Waals surface area contributed by atoms with Gasteiger partial charge in [0, 0.05) is 23.6 Å². The second kappa shape index (κ2) is 7.89. The first-order chi connectivity index (χ1) is 16.9. The average Bonchev–Trinajstić information content (AvgIpc) is 3.44. The van der Waals surface area contributed by atoms with Crippen LogP contribution in [0.3, 0.4) is 0 Å². The van der Waals surface area contributed by atoms with E-state index in [2.05, 4.69) is 15.9 Å². The summed E-state index contributed by atoms with van der Waals surface area (Å²) in [5, 5.41) is 9.51. The number of fused-ring (bicyclic) bond motifs is 3. The molecule has 1 aliphatic heterocycles. The summed E-state index contributed by atoms with van der Waals surface area (Å²) in [5.41, 5.74) is 0.700. The highest BCUT2D eigenvalue weighted by Crippen LogP contribution is 2.50. The number of nitrogens with zero attached hydrogens (tertiary/aromatic N) is 3. The van der Waals surface area contributed by atoms with Crippen molar-refractivity contribution in [1.29, 1.82) is 0 Å². The molecule has 1 N–H and O–H groups in total. The van der Waals surface area contributed by atoms with Crippen LogP contribution in [0, 0.1) is 0 Å². The van der Waals surface area contributed by atoms with E-state index in [1.165, 1.54) is 15.4 Å². The van der Waals surface area contributed by atoms with Crippen LogP contribution >= 0.6 is 15.9 Å². The van der Waals surface area contributed by atoms with Gasteiger partial charge in [-0.3, -0.25) is 9.59 Å². The number of ketones is 2. The summed E-state index contributed by atoms with van der Waals surface area (Å²) in [5.74, 6) is -0.691. The van der Waals surface area contributed by atoms with Crippen molar-refractivity contribution in [3.05, 3.63) is 108 Å². The highest BCUT2D eigenvalue weighted by molar-refractivity contribution is 9.12. The van der Waals surface area contributed by atoms with Gasteiger partial charge in [0.15, 0.2) is 11.6 Å². The van der Waals surface area contributed by atoms with Crippen molar-refractivity contribution in [2.45, 2.75) is 31.5 Å². The van der Waals surface area contributed by atoms with E-state index < -0.39 is 23.3 Å². The molecule has 0 amide bonds. The summed E-state index contributed by atoms with van der Waals surface area (Å²) in [4.78, 5) is 53.1. The van der Waals surface area contributed by atoms with Gasteiger partial charge in [-0.25, -0.2) is 23.5 Å². The molecule has 6 rings (SSSR count). The highest BCUT2D eigenvalue weighted by atomic mass is 79.9. The summed E-state index contributed by atoms with van der Waals surface area (Å²) in [6.07, 6.45) is 3.15. The van der Waals surface area contributed by atoms with Crippen molar-refractivity contribution in [3.8, 4) is 5.69 Å². The van der Waals surface area contributed by atoms with Gasteiger partial charge in [-0.15, -0.1) is 0 Å². The van der Waals surface area contributed by atoms with Crippen LogP contribution in [-0.4, -0.2) is 30.6 Å². The minimum absolute atomic E-state index is 0.0803. The van der Waals surface area contributed by atoms with E-state index >= 15 is 0 Å². The second-order valence-electron chi connectivity index (χ2n) is 8.56. The predicted octanol–water partition coefficient (Wildman–Crippen LogP) is 2.28. The largest absolute Gasteiger partial charge is 0.463 e. The SMILES string of the molecule is O=C1C=C(Br)C(=O)C2=C1[C@@H](c1ccc(CO)o1)C1=CCn3c(=O)n(-c4ccccc4)c(=O)n3[C@@H]1C2. The van der Waals surface area contributed by atoms with Gasteiger partial charge in [-0.2, -0.15) is 0 Å². The number of hydrogen-bond acceptors (Lipinski definition) is 6. The molecule has 2 atom stereocenters. The summed E-state index contributed by atoms with van der Waals surface area (Å²) in [6, 6.07) is 11.2. The monoisotopic (exact) mass is 535 g/mol. The maximum Gasteiger partial charge on any atom is 0.352 e. The number of rotatable bonds is 3. The number of aliphatic hydroxyl groups excluding tert-OH is 1. The van der Waals surface area contributed by atoms with Gasteiger partial charge in [-0.1, -0.05) is 24.3 Å². The molecular weight excluding hydrogens is 518 g/mol. The van der Waals surface area contributed by atoms with Crippen molar-refractivity contribution in [3.63, 3.8) is 0 Å². The van der Waals surface area contributed by atoms with E-state index in [1.807, 2.05) is 6.08 Å². The Morgan fingerprint density at radius 3 is 2.51 bits per heavy atom. The molecule has 0 unspecified atom stereocenters. The molecular formula is C25H18BrN3O6. The first-order valence-electron chi connectivity index (χ1n) is 11.0. The smallest absolute Gasteiger partial charge is 0.352 e. The third-order valence-corrected chi connectivity index (χ3v) is 7.32. The molecule has 2 aliphatic carbocycles. The van der Waals surface area contributed by atoms with Gasteiger partial charge in [0.05, 0.1) is 28.7 Å². The Morgan fingerprint density at radius 2 is 1.80 bits per heavy atom. The Balaban J connectivity index is 1.58. The first kappa shape index (κ1) is 21.8. The van der Waals surface area contributed by atoms with E-state index in [1.54, 1.807) is 42.5 Å². The molecule has 176 valence electrons. The minimum atomic E-state index is -0.729. The second-order valence-corrected chi connectivity index (χ2v) is 9.41. The molecule has 3 aromatic rings. The van der Waals surface area contributed by atoms with E-state index in [9.17, 15) is 24.3 Å². The summed E-state index contributed by atoms with van der Waals surface area (Å²) in [7, 11) is 0. The van der Waals surface area contributed by atoms with E-state index in [-0.39, 0.29) is 41.2 Å². The molecule has 0 radical (unpaired) electrons. The number of para-hydroxylation sites is 1. The Hall–Kier alpha value is -3.76. The van der Waals surface area contributed by atoms with Crippen LogP contribution in [0.25, 0.3) is 5.69 Å². The summed E-state index contributed by atoms with van der Waals surface area (Å²) >= 11 is 3.19. The Morgan fingerprint density at radius 1 is 1.03 bits per heavy atom. The lowest BCUT2D eigenvalue weighted by Crippen LogP contribution is -2.40. The molecule has 10 heteroatoms. The van der Waals surface area contributed by atoms with Crippen LogP contribution < -0.4 is 11.4 Å². The third kappa shape index (κ3) is 3.10. The zero-order valence-corrected chi connectivity index (χ0v) is 19.8. The van der Waals surface area contributed by atoms with Crippen LogP contribution in [0.4, 0.5) is 0 Å². The molecule has 0 saturated heterocycles. The topological polar surface area (TPSA) is 116 Å². The van der Waals surface area contributed by atoms with Crippen molar-refractivity contribution in [1.82, 2.24) is 13.9 Å². The molecule has 1 aromatic carbocycles. The van der Waals surface area contributed by atoms with Crippen molar-refractivity contribution in [2.24, 2.45) is 0 Å². The average molecular weight is 536 g/mol. The lowest BCUT2D eigenvalue weighted by atomic mass is 9.70. The van der Waals surface area contributed by atoms with Gasteiger partial charge in [0.1, 0.15) is 18.1 Å². The van der Waals surface area contributed by atoms with Crippen LogP contribution in [0.2, 0.25) is 0 Å². The van der Waals surface area contributed by atoms with Crippen LogP contribution in [-0.2, 0) is 22.7 Å². The number of aliphatic hydroxyl groups is 1. The van der Waals surface area contributed by atoms with E-state index in [0.717, 1.165) is 4.57 Å². The zero-order chi connectivity index (χ0) is 24.4. The Labute approximate surface area is 206 Å². The number of benzene rings is 1. The first-order valence-corrected chi connectivity index (χ1v) is 11.8. The number of carbonyl (C=O) groups excluding carboxylic acids is 2. The summed E-state index contributed by atoms with van der Waals surface area (Å²) in [6.45, 7) is -0.202. The molecule has 35 heavy (non-hydrogen) atoms. The minimum Gasteiger partial charge on any atom is -0.463 e. The number of Topliss-reactive ketones (excluding diaryl/α,β-unsaturated/α-hetero) is 1. The maximum absolute atomic E-state index is 13.6. The van der Waals surface area contributed by atoms with Gasteiger partial charge >= 0.3 is 11.4 Å². The molecule has 3 aliphatic rings. The van der Waals surface area contributed by atoms with Crippen LogP contribution in [0.15, 0.2) is 89.8 Å². The number of halogens is 1. The highest BCUT2D eigenvalue weighted by Gasteiger charge is 2.46. The lowest BCUT2D eigenvalue weighted by Gasteiger charge is -2.38. The van der Waals surface area contributed by atoms with E-state index in [0.29, 0.717) is 28.4 Å². The number of furan rings is 1. The molecule has 0 bridgehead atoms. The fourth-order valence-corrected chi connectivity index (χ4v) is 5.69. The number of hydrogen-bond donors (Lipinski definition) is 1. The Kier molecular flexibility index (Phi) is 4.90. The fourth-order valence-electron chi connectivity index (χ4n) is 5.24. The quantitative estimate of drug-likeness (QED) is 0.406. The molecule has 9 nitrogen and oxygen atoms in total. The maximum atomic E-state index is 13.6. The molecule has 0 spiro atoms. The van der Waals surface area contributed by atoms with Gasteiger partial charge in [-0.05, 0) is 45.8 Å². The molecule has 0 saturated carbocycles. The predicted molar refractivity (Wildman–Crippen MR) is 127 cm³/mol. The number of carbonyl (C=O) groups is 2. The van der Waals surface area contributed by atoms with Crippen LogP contribution in [0.5, 0.6) is 0 Å². The normalized spacial score (nSPS) is 21.3. The van der Waals surface area contributed by atoms with Crippen molar-refractivity contribution < 1.29 is 19.1 Å². The lowest BCUT2D eigenvalue weighted by molar-refractivity contribution is -0.115. The van der Waals surface area contributed by atoms with Gasteiger partial charge in [0.2, 0.25) is 0 Å². The zero-order valence-electron chi connectivity index (χ0n) is 18.2. The Bertz CT molecular complexity index is 1630. The van der Waals surface area contributed by atoms with Crippen molar-refractivity contribution in [2.75, 3.05) is 0 Å².